The van der Waals surface area contributed by atoms with Gasteiger partial charge in [0.2, 0.25) is 0 Å². The van der Waals surface area contributed by atoms with Crippen LogP contribution >= 0.6 is 0 Å². The minimum Gasteiger partial charge on any atom is -0.371 e. The van der Waals surface area contributed by atoms with Crippen molar-refractivity contribution in [2.45, 2.75) is 58.3 Å². The summed E-state index contributed by atoms with van der Waals surface area (Å²) in [5.41, 5.74) is 1.85. The Morgan fingerprint density at radius 3 is 2.57 bits per heavy atom. The number of urea groups is 1. The molecular formula is C15H23N3O3. The van der Waals surface area contributed by atoms with Gasteiger partial charge in [-0.1, -0.05) is 12.1 Å². The maximum Gasteiger partial charge on any atom is 0.318 e. The molecule has 3 rings (SSSR count). The van der Waals surface area contributed by atoms with E-state index in [0.717, 1.165) is 36.3 Å². The number of likely N-dealkylation sites (tertiary alicyclic amines) is 1. The van der Waals surface area contributed by atoms with E-state index in [2.05, 4.69) is 17.4 Å². The Balaban J connectivity index is 1.68. The molecule has 2 amide bonds. The maximum absolute atomic E-state index is 12.5. The Labute approximate surface area is 124 Å². The molecule has 1 aromatic heterocycles. The fourth-order valence-electron chi connectivity index (χ4n) is 3.39. The van der Waals surface area contributed by atoms with E-state index in [1.165, 1.54) is 0 Å². The molecule has 1 N–H and O–H groups in total. The van der Waals surface area contributed by atoms with Crippen molar-refractivity contribution in [2.75, 3.05) is 13.1 Å². The van der Waals surface area contributed by atoms with Crippen LogP contribution in [-0.4, -0.2) is 41.4 Å². The summed E-state index contributed by atoms with van der Waals surface area (Å²) in [7, 11) is 0. The third-order valence-electron chi connectivity index (χ3n) is 4.47. The summed E-state index contributed by atoms with van der Waals surface area (Å²) in [6.45, 7) is 7.25. The van der Waals surface area contributed by atoms with Crippen LogP contribution in [0.2, 0.25) is 0 Å². The van der Waals surface area contributed by atoms with Gasteiger partial charge in [0.25, 0.3) is 0 Å². The van der Waals surface area contributed by atoms with E-state index in [-0.39, 0.29) is 24.3 Å². The molecule has 1 aromatic rings. The fourth-order valence-corrected chi connectivity index (χ4v) is 3.39. The molecular weight excluding hydrogens is 270 g/mol. The molecule has 2 aliphatic heterocycles. The van der Waals surface area contributed by atoms with Crippen LogP contribution in [0.3, 0.4) is 0 Å². The van der Waals surface area contributed by atoms with Gasteiger partial charge in [-0.05, 0) is 33.1 Å². The van der Waals surface area contributed by atoms with E-state index in [9.17, 15) is 4.79 Å². The lowest BCUT2D eigenvalue weighted by molar-refractivity contribution is -0.0241. The first-order valence-corrected chi connectivity index (χ1v) is 7.72. The van der Waals surface area contributed by atoms with Crippen molar-refractivity contribution in [3.05, 3.63) is 17.0 Å². The van der Waals surface area contributed by atoms with Crippen LogP contribution in [0.15, 0.2) is 4.52 Å². The van der Waals surface area contributed by atoms with Crippen molar-refractivity contribution in [2.24, 2.45) is 0 Å². The Bertz CT molecular complexity index is 497. The number of ether oxygens (including phenoxy) is 1. The summed E-state index contributed by atoms with van der Waals surface area (Å²) in [6.07, 6.45) is 3.37. The van der Waals surface area contributed by atoms with Gasteiger partial charge in [0.05, 0.1) is 23.9 Å². The summed E-state index contributed by atoms with van der Waals surface area (Å²) in [6, 6.07) is -0.0636. The quantitative estimate of drug-likeness (QED) is 0.928. The van der Waals surface area contributed by atoms with Crippen molar-refractivity contribution < 1.29 is 14.1 Å². The Kier molecular flexibility index (Phi) is 3.89. The van der Waals surface area contributed by atoms with Gasteiger partial charge in [0.1, 0.15) is 5.76 Å². The van der Waals surface area contributed by atoms with Crippen LogP contribution in [0.4, 0.5) is 4.79 Å². The van der Waals surface area contributed by atoms with Gasteiger partial charge in [-0.25, -0.2) is 4.79 Å². The van der Waals surface area contributed by atoms with Gasteiger partial charge in [-0.3, -0.25) is 0 Å². The Morgan fingerprint density at radius 2 is 2.05 bits per heavy atom. The zero-order chi connectivity index (χ0) is 15.0. The molecule has 2 bridgehead atoms. The largest absolute Gasteiger partial charge is 0.371 e. The summed E-state index contributed by atoms with van der Waals surface area (Å²) in [5.74, 6) is 0.779. The highest BCUT2D eigenvalue weighted by molar-refractivity contribution is 5.75. The average molecular weight is 293 g/mol. The van der Waals surface area contributed by atoms with Crippen molar-refractivity contribution in [3.8, 4) is 0 Å². The number of aromatic nitrogens is 1. The maximum atomic E-state index is 12.5. The molecule has 2 saturated heterocycles. The number of hydrogen-bond acceptors (Lipinski definition) is 4. The van der Waals surface area contributed by atoms with E-state index in [4.69, 9.17) is 9.26 Å². The van der Waals surface area contributed by atoms with E-state index in [1.54, 1.807) is 0 Å². The van der Waals surface area contributed by atoms with Gasteiger partial charge >= 0.3 is 6.03 Å². The molecule has 3 unspecified atom stereocenters. The molecule has 0 aromatic carbocycles. The average Bonchev–Trinajstić information content (AvgIpc) is 2.98. The minimum atomic E-state index is -0.0516. The lowest BCUT2D eigenvalue weighted by Crippen LogP contribution is -2.50. The Morgan fingerprint density at radius 1 is 1.38 bits per heavy atom. The van der Waals surface area contributed by atoms with Crippen LogP contribution < -0.4 is 5.32 Å². The van der Waals surface area contributed by atoms with Crippen molar-refractivity contribution >= 4 is 6.03 Å². The van der Waals surface area contributed by atoms with Gasteiger partial charge in [-0.2, -0.15) is 0 Å². The van der Waals surface area contributed by atoms with E-state index in [1.807, 2.05) is 18.7 Å². The molecule has 0 spiro atoms. The summed E-state index contributed by atoms with van der Waals surface area (Å²) in [5, 5.41) is 7.10. The number of hydrogen-bond donors (Lipinski definition) is 1. The summed E-state index contributed by atoms with van der Waals surface area (Å²) >= 11 is 0. The van der Waals surface area contributed by atoms with E-state index < -0.39 is 0 Å². The van der Waals surface area contributed by atoms with Crippen LogP contribution in [-0.2, 0) is 4.74 Å². The zero-order valence-corrected chi connectivity index (χ0v) is 12.9. The van der Waals surface area contributed by atoms with Crippen molar-refractivity contribution in [1.82, 2.24) is 15.4 Å². The van der Waals surface area contributed by atoms with Crippen LogP contribution in [0.5, 0.6) is 0 Å². The van der Waals surface area contributed by atoms with Crippen molar-refractivity contribution in [3.63, 3.8) is 0 Å². The molecule has 2 fully saturated rings. The highest BCUT2D eigenvalue weighted by Crippen LogP contribution is 2.28. The van der Waals surface area contributed by atoms with E-state index >= 15 is 0 Å². The first-order valence-electron chi connectivity index (χ1n) is 7.72. The molecule has 0 saturated carbocycles. The number of carbonyl (C=O) groups is 1. The highest BCUT2D eigenvalue weighted by Gasteiger charge is 2.36. The minimum absolute atomic E-state index is 0.0120. The summed E-state index contributed by atoms with van der Waals surface area (Å²) < 4.78 is 11.0. The Hall–Kier alpha value is -1.56. The second kappa shape index (κ2) is 5.67. The number of rotatable bonds is 3. The number of nitrogens with zero attached hydrogens (tertiary/aromatic N) is 2. The molecule has 116 valence electrons. The first-order chi connectivity index (χ1) is 10.1. The number of aryl methyl sites for hydroxylation is 2. The monoisotopic (exact) mass is 293 g/mol. The normalized spacial score (nSPS) is 26.0. The molecule has 0 radical (unpaired) electrons. The first kappa shape index (κ1) is 14.4. The number of amides is 2. The molecule has 0 aliphatic carbocycles. The van der Waals surface area contributed by atoms with Crippen molar-refractivity contribution in [1.29, 1.82) is 0 Å². The molecule has 3 atom stereocenters. The van der Waals surface area contributed by atoms with Gasteiger partial charge in [0, 0.05) is 18.7 Å². The lowest BCUT2D eigenvalue weighted by atomic mass is 10.0. The number of morpholine rings is 1. The molecule has 6 nitrogen and oxygen atoms in total. The third kappa shape index (κ3) is 2.77. The smallest absolute Gasteiger partial charge is 0.318 e. The standard InChI is InChI=1S/C15H23N3O3/c1-4-13(14-9(2)17-21-10(14)3)16-15(19)18-7-11-5-6-12(8-18)20-11/h11-13H,4-8H2,1-3H3,(H,16,19). The highest BCUT2D eigenvalue weighted by atomic mass is 16.5. The second-order valence-electron chi connectivity index (χ2n) is 6.01. The van der Waals surface area contributed by atoms with Crippen LogP contribution in [0, 0.1) is 13.8 Å². The summed E-state index contributed by atoms with van der Waals surface area (Å²) in [4.78, 5) is 14.4. The van der Waals surface area contributed by atoms with Gasteiger partial charge < -0.3 is 19.5 Å². The van der Waals surface area contributed by atoms with Gasteiger partial charge in [0.15, 0.2) is 0 Å². The van der Waals surface area contributed by atoms with Crippen LogP contribution in [0.1, 0.15) is 49.2 Å². The predicted octanol–water partition coefficient (Wildman–Crippen LogP) is 2.32. The number of carbonyl (C=O) groups excluding carboxylic acids is 1. The third-order valence-corrected chi connectivity index (χ3v) is 4.47. The van der Waals surface area contributed by atoms with Crippen LogP contribution in [0.25, 0.3) is 0 Å². The molecule has 21 heavy (non-hydrogen) atoms. The van der Waals surface area contributed by atoms with E-state index in [0.29, 0.717) is 13.1 Å². The second-order valence-corrected chi connectivity index (χ2v) is 6.01. The number of nitrogens with one attached hydrogen (secondary N) is 1. The lowest BCUT2D eigenvalue weighted by Gasteiger charge is -2.33. The molecule has 6 heteroatoms. The zero-order valence-electron chi connectivity index (χ0n) is 12.9. The predicted molar refractivity (Wildman–Crippen MR) is 77.0 cm³/mol. The molecule has 3 heterocycles. The fraction of sp³-hybridized carbons (Fsp3) is 0.733. The topological polar surface area (TPSA) is 67.6 Å². The van der Waals surface area contributed by atoms with Gasteiger partial charge in [-0.15, -0.1) is 0 Å². The number of fused-ring (bicyclic) bond motifs is 2. The molecule has 2 aliphatic rings. The SMILES string of the molecule is CCC(NC(=O)N1CC2CCC(C1)O2)c1c(C)noc1C.